The van der Waals surface area contributed by atoms with Crippen molar-refractivity contribution in [2.24, 2.45) is 0 Å². The number of nitrogens with zero attached hydrogens (tertiary/aromatic N) is 1. The minimum atomic E-state index is -3.63. The van der Waals surface area contributed by atoms with Crippen LogP contribution in [0.25, 0.3) is 21.7 Å². The highest BCUT2D eigenvalue weighted by molar-refractivity contribution is 7.89. The quantitative estimate of drug-likeness (QED) is 0.421. The van der Waals surface area contributed by atoms with Crippen molar-refractivity contribution in [3.8, 4) is 0 Å². The van der Waals surface area contributed by atoms with Gasteiger partial charge in [-0.05, 0) is 56.1 Å². The number of para-hydroxylation sites is 1. The van der Waals surface area contributed by atoms with Crippen LogP contribution in [0.2, 0.25) is 5.02 Å². The molecule has 1 fully saturated rings. The molecule has 7 heteroatoms. The van der Waals surface area contributed by atoms with Crippen molar-refractivity contribution >= 4 is 43.4 Å². The molecule has 1 aliphatic heterocycles. The summed E-state index contributed by atoms with van der Waals surface area (Å²) in [4.78, 5) is 2.68. The van der Waals surface area contributed by atoms with Gasteiger partial charge in [0, 0.05) is 33.8 Å². The molecule has 1 aromatic heterocycles. The summed E-state index contributed by atoms with van der Waals surface area (Å²) in [6, 6.07) is 18.6. The monoisotopic (exact) mass is 468 g/mol. The first-order valence-corrected chi connectivity index (χ1v) is 12.7. The molecule has 3 aromatic carbocycles. The van der Waals surface area contributed by atoms with E-state index in [1.807, 2.05) is 30.5 Å². The smallest absolute Gasteiger partial charge is 0.241 e. The van der Waals surface area contributed by atoms with Gasteiger partial charge in [-0.2, -0.15) is 0 Å². The maximum atomic E-state index is 13.1. The van der Waals surface area contributed by atoms with Crippen molar-refractivity contribution in [2.45, 2.75) is 30.2 Å². The van der Waals surface area contributed by atoms with E-state index in [0.717, 1.165) is 49.9 Å². The number of fused-ring (bicyclic) bond motifs is 2. The predicted octanol–water partition coefficient (Wildman–Crippen LogP) is 5.22. The molecule has 5 rings (SSSR count). The Bertz CT molecular complexity index is 1360. The fourth-order valence-corrected chi connectivity index (χ4v) is 6.30. The largest absolute Gasteiger partial charge is 0.464 e. The Balaban J connectivity index is 1.21. The van der Waals surface area contributed by atoms with E-state index in [4.69, 9.17) is 16.0 Å². The van der Waals surface area contributed by atoms with Crippen molar-refractivity contribution in [1.82, 2.24) is 9.62 Å². The molecule has 0 atom stereocenters. The zero-order valence-corrected chi connectivity index (χ0v) is 19.2. The lowest BCUT2D eigenvalue weighted by Gasteiger charge is -2.32. The minimum Gasteiger partial charge on any atom is -0.464 e. The van der Waals surface area contributed by atoms with E-state index in [0.29, 0.717) is 10.4 Å². The lowest BCUT2D eigenvalue weighted by Crippen LogP contribution is -2.45. The van der Waals surface area contributed by atoms with Crippen LogP contribution < -0.4 is 4.72 Å². The first-order valence-electron chi connectivity index (χ1n) is 10.9. The number of hydrogen-bond acceptors (Lipinski definition) is 4. The van der Waals surface area contributed by atoms with Crippen LogP contribution in [0.15, 0.2) is 76.2 Å². The van der Waals surface area contributed by atoms with Crippen LogP contribution in [0.4, 0.5) is 0 Å². The zero-order valence-electron chi connectivity index (χ0n) is 17.6. The van der Waals surface area contributed by atoms with E-state index in [-0.39, 0.29) is 10.9 Å². The molecule has 0 amide bonds. The molecular weight excluding hydrogens is 444 g/mol. The molecule has 0 aliphatic carbocycles. The highest BCUT2D eigenvalue weighted by Gasteiger charge is 2.26. The number of sulfonamides is 1. The highest BCUT2D eigenvalue weighted by Crippen LogP contribution is 2.29. The standard InChI is InChI=1S/C25H25ClN2O3S/c26-23-8-3-7-22-21(23)6-4-10-25(22)32(29,30)27-19-12-15-28(16-13-19)14-11-18-17-31-24-9-2-1-5-20(18)24/h1-10,17,19,27H,11-16H2. The predicted molar refractivity (Wildman–Crippen MR) is 129 cm³/mol. The Labute approximate surface area is 193 Å². The number of furan rings is 1. The van der Waals surface area contributed by atoms with E-state index in [1.165, 1.54) is 10.9 Å². The SMILES string of the molecule is O=S(=O)(NC1CCN(CCc2coc3ccccc23)CC1)c1cccc2c(Cl)cccc12. The number of likely N-dealkylation sites (tertiary alicyclic amines) is 1. The lowest BCUT2D eigenvalue weighted by molar-refractivity contribution is 0.209. The summed E-state index contributed by atoms with van der Waals surface area (Å²) in [5.74, 6) is 0. The van der Waals surface area contributed by atoms with Crippen LogP contribution in [0, 0.1) is 0 Å². The summed E-state index contributed by atoms with van der Waals surface area (Å²) in [6.45, 7) is 2.67. The molecule has 1 saturated heterocycles. The second-order valence-electron chi connectivity index (χ2n) is 8.34. The van der Waals surface area contributed by atoms with E-state index in [9.17, 15) is 8.42 Å². The number of nitrogens with one attached hydrogen (secondary N) is 1. The molecule has 1 N–H and O–H groups in total. The number of benzene rings is 3. The Hall–Kier alpha value is -2.38. The van der Waals surface area contributed by atoms with Gasteiger partial charge in [0.2, 0.25) is 10.0 Å². The van der Waals surface area contributed by atoms with Gasteiger partial charge in [-0.25, -0.2) is 13.1 Å². The number of piperidine rings is 1. The second kappa shape index (κ2) is 8.87. The fraction of sp³-hybridized carbons (Fsp3) is 0.280. The molecule has 5 nitrogen and oxygen atoms in total. The van der Waals surface area contributed by atoms with Crippen LogP contribution >= 0.6 is 11.6 Å². The lowest BCUT2D eigenvalue weighted by atomic mass is 10.0. The molecular formula is C25H25ClN2O3S. The molecule has 0 spiro atoms. The van der Waals surface area contributed by atoms with Crippen LogP contribution in [-0.4, -0.2) is 39.0 Å². The van der Waals surface area contributed by atoms with E-state index in [1.54, 1.807) is 30.3 Å². The summed E-state index contributed by atoms with van der Waals surface area (Å²) < 4.78 is 34.8. The fourth-order valence-electron chi connectivity index (χ4n) is 4.54. The van der Waals surface area contributed by atoms with E-state index < -0.39 is 10.0 Å². The maximum Gasteiger partial charge on any atom is 0.241 e. The van der Waals surface area contributed by atoms with Crippen LogP contribution in [0.1, 0.15) is 18.4 Å². The normalized spacial score (nSPS) is 16.2. The van der Waals surface area contributed by atoms with E-state index >= 15 is 0 Å². The van der Waals surface area contributed by atoms with Gasteiger partial charge in [-0.15, -0.1) is 0 Å². The zero-order chi connectivity index (χ0) is 22.1. The Morgan fingerprint density at radius 3 is 2.50 bits per heavy atom. The third kappa shape index (κ3) is 4.28. The summed E-state index contributed by atoms with van der Waals surface area (Å²) in [7, 11) is -3.63. The Morgan fingerprint density at radius 1 is 0.938 bits per heavy atom. The summed E-state index contributed by atoms with van der Waals surface area (Å²) in [5.41, 5.74) is 2.14. The van der Waals surface area contributed by atoms with Crippen LogP contribution in [-0.2, 0) is 16.4 Å². The van der Waals surface area contributed by atoms with Crippen LogP contribution in [0.5, 0.6) is 0 Å². The molecule has 2 heterocycles. The third-order valence-corrected chi connectivity index (χ3v) is 8.19. The second-order valence-corrected chi connectivity index (χ2v) is 10.4. The van der Waals surface area contributed by atoms with Gasteiger partial charge in [0.05, 0.1) is 11.2 Å². The topological polar surface area (TPSA) is 62.6 Å². The first-order chi connectivity index (χ1) is 15.5. The van der Waals surface area contributed by atoms with E-state index in [2.05, 4.69) is 15.7 Å². The van der Waals surface area contributed by atoms with Gasteiger partial charge in [-0.3, -0.25) is 0 Å². The molecule has 0 bridgehead atoms. The number of halogens is 1. The first kappa shape index (κ1) is 21.5. The van der Waals surface area contributed by atoms with Gasteiger partial charge in [-0.1, -0.05) is 54.1 Å². The average molecular weight is 469 g/mol. The number of rotatable bonds is 6. The molecule has 0 unspecified atom stereocenters. The van der Waals surface area contributed by atoms with Gasteiger partial charge in [0.15, 0.2) is 0 Å². The summed E-state index contributed by atoms with van der Waals surface area (Å²) >= 11 is 6.26. The van der Waals surface area contributed by atoms with Gasteiger partial charge in [0.1, 0.15) is 5.58 Å². The maximum absolute atomic E-state index is 13.1. The number of hydrogen-bond donors (Lipinski definition) is 1. The van der Waals surface area contributed by atoms with Gasteiger partial charge in [0.25, 0.3) is 0 Å². The van der Waals surface area contributed by atoms with Crippen molar-refractivity contribution in [3.63, 3.8) is 0 Å². The Morgan fingerprint density at radius 2 is 1.66 bits per heavy atom. The van der Waals surface area contributed by atoms with Crippen molar-refractivity contribution in [2.75, 3.05) is 19.6 Å². The molecule has 32 heavy (non-hydrogen) atoms. The third-order valence-electron chi connectivity index (χ3n) is 6.29. The summed E-state index contributed by atoms with van der Waals surface area (Å²) in [6.07, 6.45) is 4.35. The van der Waals surface area contributed by atoms with Crippen molar-refractivity contribution < 1.29 is 12.8 Å². The average Bonchev–Trinajstić information content (AvgIpc) is 3.21. The molecule has 0 saturated carbocycles. The van der Waals surface area contributed by atoms with Gasteiger partial charge >= 0.3 is 0 Å². The molecule has 0 radical (unpaired) electrons. The van der Waals surface area contributed by atoms with Crippen LogP contribution in [0.3, 0.4) is 0 Å². The van der Waals surface area contributed by atoms with Crippen molar-refractivity contribution in [1.29, 1.82) is 0 Å². The summed E-state index contributed by atoms with van der Waals surface area (Å²) in [5, 5.41) is 3.12. The highest BCUT2D eigenvalue weighted by atomic mass is 35.5. The minimum absolute atomic E-state index is 0.0690. The van der Waals surface area contributed by atoms with Crippen molar-refractivity contribution in [3.05, 3.63) is 77.5 Å². The molecule has 4 aromatic rings. The molecule has 166 valence electrons. The molecule has 1 aliphatic rings. The van der Waals surface area contributed by atoms with Gasteiger partial charge < -0.3 is 9.32 Å². The Kier molecular flexibility index (Phi) is 5.95.